The van der Waals surface area contributed by atoms with E-state index >= 15 is 0 Å². The fraction of sp³-hybridized carbons (Fsp3) is 0.222. The Hall–Kier alpha value is -1.90. The van der Waals surface area contributed by atoms with E-state index < -0.39 is 0 Å². The summed E-state index contributed by atoms with van der Waals surface area (Å²) in [7, 11) is 0. The molecule has 0 fully saturated rings. The summed E-state index contributed by atoms with van der Waals surface area (Å²) >= 11 is 0. The second kappa shape index (κ2) is 5.61. The van der Waals surface area contributed by atoms with Crippen molar-refractivity contribution in [1.82, 2.24) is 0 Å². The van der Waals surface area contributed by atoms with E-state index in [1.807, 2.05) is 12.1 Å². The van der Waals surface area contributed by atoms with Gasteiger partial charge >= 0.3 is 0 Å². The molecular formula is C18H18O2. The Morgan fingerprint density at radius 1 is 0.650 bits per heavy atom. The average molecular weight is 266 g/mol. The van der Waals surface area contributed by atoms with E-state index in [4.69, 9.17) is 0 Å². The van der Waals surface area contributed by atoms with E-state index in [0.29, 0.717) is 12.8 Å². The van der Waals surface area contributed by atoms with Crippen molar-refractivity contribution in [2.45, 2.75) is 12.8 Å². The monoisotopic (exact) mass is 266 g/mol. The third kappa shape index (κ3) is 2.17. The molecule has 0 spiro atoms. The van der Waals surface area contributed by atoms with Crippen LogP contribution in [0.5, 0.6) is 0 Å². The van der Waals surface area contributed by atoms with Crippen molar-refractivity contribution < 1.29 is 10.2 Å². The van der Waals surface area contributed by atoms with Crippen molar-refractivity contribution in [3.63, 3.8) is 0 Å². The van der Waals surface area contributed by atoms with Crippen LogP contribution < -0.4 is 0 Å². The molecule has 0 heterocycles. The minimum absolute atomic E-state index is 0.150. The average Bonchev–Trinajstić information content (AvgIpc) is 2.49. The summed E-state index contributed by atoms with van der Waals surface area (Å²) in [5, 5.41) is 23.3. The van der Waals surface area contributed by atoms with Gasteiger partial charge in [0.05, 0.1) is 0 Å². The molecule has 0 bridgehead atoms. The van der Waals surface area contributed by atoms with E-state index in [1.54, 1.807) is 0 Å². The smallest absolute Gasteiger partial charge is 0.0471 e. The number of aliphatic hydroxyl groups excluding tert-OH is 2. The molecule has 0 aliphatic rings. The van der Waals surface area contributed by atoms with Gasteiger partial charge in [-0.2, -0.15) is 0 Å². The van der Waals surface area contributed by atoms with Crippen molar-refractivity contribution >= 4 is 21.5 Å². The summed E-state index contributed by atoms with van der Waals surface area (Å²) in [4.78, 5) is 0. The highest BCUT2D eigenvalue weighted by Crippen LogP contribution is 2.31. The number of aliphatic hydroxyl groups is 2. The maximum Gasteiger partial charge on any atom is 0.0471 e. The molecular weight excluding hydrogens is 248 g/mol. The maximum atomic E-state index is 9.28. The first-order valence-electron chi connectivity index (χ1n) is 6.99. The van der Waals surface area contributed by atoms with Gasteiger partial charge in [-0.25, -0.2) is 0 Å². The van der Waals surface area contributed by atoms with E-state index in [0.717, 1.165) is 5.56 Å². The van der Waals surface area contributed by atoms with E-state index in [-0.39, 0.29) is 13.2 Å². The zero-order valence-corrected chi connectivity index (χ0v) is 11.3. The van der Waals surface area contributed by atoms with Gasteiger partial charge in [-0.05, 0) is 45.5 Å². The molecule has 0 saturated heterocycles. The van der Waals surface area contributed by atoms with Crippen molar-refractivity contribution in [2.24, 2.45) is 0 Å². The largest absolute Gasteiger partial charge is 0.396 e. The maximum absolute atomic E-state index is 9.28. The lowest BCUT2D eigenvalue weighted by Gasteiger charge is -2.13. The standard InChI is InChI=1S/C18H18O2/c19-11-9-14-5-6-15(10-12-20)18-16-4-2-1-3-13(16)7-8-17(14)18/h1-8,19-20H,9-12H2. The summed E-state index contributed by atoms with van der Waals surface area (Å²) in [5.41, 5.74) is 2.33. The van der Waals surface area contributed by atoms with E-state index in [9.17, 15) is 10.2 Å². The van der Waals surface area contributed by atoms with Gasteiger partial charge in [-0.3, -0.25) is 0 Å². The lowest BCUT2D eigenvalue weighted by molar-refractivity contribution is 0.299. The summed E-state index contributed by atoms with van der Waals surface area (Å²) in [6.45, 7) is 0.305. The molecule has 0 unspecified atom stereocenters. The zero-order valence-electron chi connectivity index (χ0n) is 11.3. The van der Waals surface area contributed by atoms with Crippen LogP contribution in [0.15, 0.2) is 48.5 Å². The normalized spacial score (nSPS) is 11.3. The summed E-state index contributed by atoms with van der Waals surface area (Å²) in [6.07, 6.45) is 1.32. The summed E-state index contributed by atoms with van der Waals surface area (Å²) < 4.78 is 0. The first kappa shape index (κ1) is 13.1. The Morgan fingerprint density at radius 2 is 1.35 bits per heavy atom. The number of fused-ring (bicyclic) bond motifs is 3. The molecule has 0 aromatic heterocycles. The topological polar surface area (TPSA) is 40.5 Å². The Morgan fingerprint density at radius 3 is 2.15 bits per heavy atom. The van der Waals surface area contributed by atoms with Crippen molar-refractivity contribution in [1.29, 1.82) is 0 Å². The summed E-state index contributed by atoms with van der Waals surface area (Å²) in [5.74, 6) is 0. The van der Waals surface area contributed by atoms with Gasteiger partial charge in [0.25, 0.3) is 0 Å². The van der Waals surface area contributed by atoms with Crippen LogP contribution in [0.25, 0.3) is 21.5 Å². The van der Waals surface area contributed by atoms with Gasteiger partial charge in [0, 0.05) is 13.2 Å². The lowest BCUT2D eigenvalue weighted by atomic mass is 9.92. The molecule has 0 amide bonds. The van der Waals surface area contributed by atoms with E-state index in [2.05, 4.69) is 36.4 Å². The van der Waals surface area contributed by atoms with Gasteiger partial charge < -0.3 is 10.2 Å². The molecule has 0 aliphatic carbocycles. The van der Waals surface area contributed by atoms with Crippen molar-refractivity contribution in [3.8, 4) is 0 Å². The predicted octanol–water partition coefficient (Wildman–Crippen LogP) is 3.06. The highest BCUT2D eigenvalue weighted by Gasteiger charge is 2.09. The minimum atomic E-state index is 0.150. The highest BCUT2D eigenvalue weighted by molar-refractivity contribution is 6.10. The van der Waals surface area contributed by atoms with Crippen LogP contribution in [0.4, 0.5) is 0 Å². The Balaban J connectivity index is 2.39. The number of benzene rings is 3. The summed E-state index contributed by atoms with van der Waals surface area (Å²) in [6, 6.07) is 16.7. The van der Waals surface area contributed by atoms with Crippen LogP contribution in [-0.4, -0.2) is 23.4 Å². The minimum Gasteiger partial charge on any atom is -0.396 e. The first-order valence-corrected chi connectivity index (χ1v) is 6.99. The second-order valence-corrected chi connectivity index (χ2v) is 5.04. The molecule has 3 rings (SSSR count). The number of rotatable bonds is 4. The van der Waals surface area contributed by atoms with Gasteiger partial charge in [0.2, 0.25) is 0 Å². The molecule has 0 aliphatic heterocycles. The predicted molar refractivity (Wildman–Crippen MR) is 83.0 cm³/mol. The van der Waals surface area contributed by atoms with Gasteiger partial charge in [-0.1, -0.05) is 48.5 Å². The van der Waals surface area contributed by atoms with Gasteiger partial charge in [-0.15, -0.1) is 0 Å². The molecule has 20 heavy (non-hydrogen) atoms. The molecule has 0 atom stereocenters. The van der Waals surface area contributed by atoms with Gasteiger partial charge in [0.15, 0.2) is 0 Å². The first-order chi connectivity index (χ1) is 9.85. The highest BCUT2D eigenvalue weighted by atomic mass is 16.3. The molecule has 3 aromatic rings. The van der Waals surface area contributed by atoms with Crippen LogP contribution in [0.2, 0.25) is 0 Å². The molecule has 0 radical (unpaired) electrons. The fourth-order valence-electron chi connectivity index (χ4n) is 2.93. The Kier molecular flexibility index (Phi) is 3.68. The molecule has 2 nitrogen and oxygen atoms in total. The van der Waals surface area contributed by atoms with Crippen LogP contribution >= 0.6 is 0 Å². The zero-order chi connectivity index (χ0) is 13.9. The SMILES string of the molecule is OCCc1ccc(CCO)c2c1ccc1ccccc12. The van der Waals surface area contributed by atoms with Crippen LogP contribution in [0.1, 0.15) is 11.1 Å². The molecule has 0 saturated carbocycles. The van der Waals surface area contributed by atoms with Crippen LogP contribution in [0.3, 0.4) is 0 Å². The Labute approximate surface area is 118 Å². The second-order valence-electron chi connectivity index (χ2n) is 5.04. The van der Waals surface area contributed by atoms with Crippen molar-refractivity contribution in [3.05, 3.63) is 59.7 Å². The van der Waals surface area contributed by atoms with E-state index in [1.165, 1.54) is 27.1 Å². The fourth-order valence-corrected chi connectivity index (χ4v) is 2.93. The molecule has 3 aromatic carbocycles. The molecule has 2 N–H and O–H groups in total. The molecule has 102 valence electrons. The quantitative estimate of drug-likeness (QED) is 0.712. The Bertz CT molecular complexity index is 747. The van der Waals surface area contributed by atoms with Gasteiger partial charge in [0.1, 0.15) is 0 Å². The van der Waals surface area contributed by atoms with Crippen LogP contribution in [0, 0.1) is 0 Å². The van der Waals surface area contributed by atoms with Crippen LogP contribution in [-0.2, 0) is 12.8 Å². The lowest BCUT2D eigenvalue weighted by Crippen LogP contribution is -1.97. The third-order valence-corrected chi connectivity index (χ3v) is 3.84. The molecule has 2 heteroatoms. The van der Waals surface area contributed by atoms with Crippen molar-refractivity contribution in [2.75, 3.05) is 13.2 Å². The number of hydrogen-bond acceptors (Lipinski definition) is 2. The third-order valence-electron chi connectivity index (χ3n) is 3.84. The number of hydrogen-bond donors (Lipinski definition) is 2.